The molecule has 2 aromatic carbocycles. The van der Waals surface area contributed by atoms with Gasteiger partial charge in [-0.05, 0) is 67.1 Å². The van der Waals surface area contributed by atoms with Gasteiger partial charge in [-0.15, -0.1) is 16.4 Å². The van der Waals surface area contributed by atoms with Crippen LogP contribution in [-0.2, 0) is 16.1 Å². The molecule has 0 aliphatic carbocycles. The maximum Gasteiger partial charge on any atom is 0.249 e. The third-order valence-corrected chi connectivity index (χ3v) is 6.79. The lowest BCUT2D eigenvalue weighted by Crippen LogP contribution is -2.45. The molecule has 0 radical (unpaired) electrons. The van der Waals surface area contributed by atoms with Crippen molar-refractivity contribution in [3.63, 3.8) is 0 Å². The Morgan fingerprint density at radius 3 is 2.44 bits per heavy atom. The predicted molar refractivity (Wildman–Crippen MR) is 141 cm³/mol. The number of nitrogens with one attached hydrogen (secondary N) is 1. The van der Waals surface area contributed by atoms with E-state index in [2.05, 4.69) is 29.5 Å². The minimum Gasteiger partial charge on any atom is -0.354 e. The van der Waals surface area contributed by atoms with Gasteiger partial charge < -0.3 is 5.32 Å². The second-order valence-corrected chi connectivity index (χ2v) is 9.97. The second-order valence-electron chi connectivity index (χ2n) is 8.99. The number of anilines is 1. The van der Waals surface area contributed by atoms with Crippen molar-refractivity contribution in [2.45, 2.75) is 39.8 Å². The van der Waals surface area contributed by atoms with Gasteiger partial charge in [-0.25, -0.2) is 4.68 Å². The molecule has 0 bridgehead atoms. The third kappa shape index (κ3) is 5.68. The molecule has 9 heteroatoms. The molecule has 0 saturated heterocycles. The molecule has 2 aromatic heterocycles. The fourth-order valence-corrected chi connectivity index (χ4v) is 4.75. The summed E-state index contributed by atoms with van der Waals surface area (Å²) in [6.07, 6.45) is 0.828. The summed E-state index contributed by atoms with van der Waals surface area (Å²) < 4.78 is 1.54. The summed E-state index contributed by atoms with van der Waals surface area (Å²) in [5.74, 6) is -0.220. The number of Topliss-reactive ketones (excluding diaryl/α,β-unsaturated/α-hetero) is 1. The maximum atomic E-state index is 13.9. The molecule has 1 unspecified atom stereocenters. The quantitative estimate of drug-likeness (QED) is 0.318. The number of nitrogens with zero attached hydrogens (tertiary/aromatic N) is 4. The molecule has 4 aromatic rings. The number of benzene rings is 2. The van der Waals surface area contributed by atoms with Gasteiger partial charge in [-0.1, -0.05) is 37.3 Å². The molecule has 1 atom stereocenters. The highest BCUT2D eigenvalue weighted by molar-refractivity contribution is 7.10. The molecule has 4 rings (SSSR count). The summed E-state index contributed by atoms with van der Waals surface area (Å²) in [4.78, 5) is 41.5. The molecule has 0 fully saturated rings. The van der Waals surface area contributed by atoms with Crippen molar-refractivity contribution in [1.82, 2.24) is 20.3 Å². The van der Waals surface area contributed by atoms with E-state index in [-0.39, 0.29) is 24.1 Å². The molecule has 1 N–H and O–H groups in total. The Morgan fingerprint density at radius 1 is 1.03 bits per heavy atom. The van der Waals surface area contributed by atoms with Gasteiger partial charge in [0.05, 0.1) is 5.52 Å². The minimum absolute atomic E-state index is 0.0743. The van der Waals surface area contributed by atoms with Crippen LogP contribution in [-0.4, -0.2) is 39.1 Å². The van der Waals surface area contributed by atoms with Crippen molar-refractivity contribution >= 4 is 45.7 Å². The van der Waals surface area contributed by atoms with Gasteiger partial charge in [0.1, 0.15) is 18.1 Å². The van der Waals surface area contributed by atoms with E-state index < -0.39 is 6.04 Å². The Hall–Kier alpha value is -3.85. The average Bonchev–Trinajstić information content (AvgIpc) is 3.53. The third-order valence-electron chi connectivity index (χ3n) is 5.87. The Bertz CT molecular complexity index is 1350. The van der Waals surface area contributed by atoms with Crippen LogP contribution in [0.2, 0.25) is 0 Å². The Labute approximate surface area is 213 Å². The second kappa shape index (κ2) is 11.3. The largest absolute Gasteiger partial charge is 0.354 e. The van der Waals surface area contributed by atoms with Crippen molar-refractivity contribution in [2.75, 3.05) is 11.4 Å². The van der Waals surface area contributed by atoms with Crippen molar-refractivity contribution in [3.8, 4) is 0 Å². The summed E-state index contributed by atoms with van der Waals surface area (Å²) >= 11 is 1.41. The van der Waals surface area contributed by atoms with E-state index >= 15 is 0 Å². The summed E-state index contributed by atoms with van der Waals surface area (Å²) in [5.41, 5.74) is 2.46. The van der Waals surface area contributed by atoms with Crippen LogP contribution < -0.4 is 10.2 Å². The standard InChI is InChI=1S/C27H29N5O3S/c1-18(2)14-15-28-27(35)26(24-9-6-16-36-24)32(21-12-10-20(11-13-21)19(3)33)25(34)17-31-23-8-5-4-7-22(23)29-30-31/h4-13,16,18,26H,14-15,17H2,1-3H3,(H,28,35). The van der Waals surface area contributed by atoms with E-state index in [1.165, 1.54) is 27.8 Å². The van der Waals surface area contributed by atoms with Crippen molar-refractivity contribution in [2.24, 2.45) is 5.92 Å². The highest BCUT2D eigenvalue weighted by Gasteiger charge is 2.34. The molecule has 2 amide bonds. The number of para-hydroxylation sites is 1. The van der Waals surface area contributed by atoms with Gasteiger partial charge in [0.2, 0.25) is 11.8 Å². The van der Waals surface area contributed by atoms with E-state index in [1.807, 2.05) is 41.8 Å². The maximum absolute atomic E-state index is 13.9. The number of thiophene rings is 1. The molecule has 186 valence electrons. The average molecular weight is 504 g/mol. The molecular formula is C27H29N5O3S. The Morgan fingerprint density at radius 2 is 1.78 bits per heavy atom. The zero-order valence-electron chi connectivity index (χ0n) is 20.5. The van der Waals surface area contributed by atoms with Gasteiger partial charge in [-0.2, -0.15) is 0 Å². The molecule has 36 heavy (non-hydrogen) atoms. The van der Waals surface area contributed by atoms with Gasteiger partial charge in [0.25, 0.3) is 0 Å². The SMILES string of the molecule is CC(=O)c1ccc(N(C(=O)Cn2nnc3ccccc32)C(C(=O)NCCC(C)C)c2cccs2)cc1. The van der Waals surface area contributed by atoms with Gasteiger partial charge in [0.15, 0.2) is 5.78 Å². The number of rotatable bonds is 10. The first kappa shape index (κ1) is 25.2. The van der Waals surface area contributed by atoms with Crippen LogP contribution in [0.5, 0.6) is 0 Å². The van der Waals surface area contributed by atoms with Gasteiger partial charge in [0, 0.05) is 22.7 Å². The van der Waals surface area contributed by atoms with E-state index in [1.54, 1.807) is 24.3 Å². The first-order valence-electron chi connectivity index (χ1n) is 11.9. The number of carbonyl (C=O) groups is 3. The fourth-order valence-electron chi connectivity index (χ4n) is 3.93. The number of aromatic nitrogens is 3. The summed E-state index contributed by atoms with van der Waals surface area (Å²) in [7, 11) is 0. The Balaban J connectivity index is 1.73. The first-order valence-corrected chi connectivity index (χ1v) is 12.8. The monoisotopic (exact) mass is 503 g/mol. The number of amides is 2. The fraction of sp³-hybridized carbons (Fsp3) is 0.296. The molecule has 0 spiro atoms. The van der Waals surface area contributed by atoms with Gasteiger partial charge in [-0.3, -0.25) is 19.3 Å². The molecule has 0 saturated carbocycles. The van der Waals surface area contributed by atoms with E-state index in [0.29, 0.717) is 29.2 Å². The van der Waals surface area contributed by atoms with Crippen LogP contribution in [0.25, 0.3) is 11.0 Å². The minimum atomic E-state index is -0.873. The molecular weight excluding hydrogens is 474 g/mol. The van der Waals surface area contributed by atoms with E-state index in [4.69, 9.17) is 0 Å². The summed E-state index contributed by atoms with van der Waals surface area (Å²) in [5, 5.41) is 13.2. The summed E-state index contributed by atoms with van der Waals surface area (Å²) in [6.45, 7) is 6.09. The van der Waals surface area contributed by atoms with E-state index in [0.717, 1.165) is 16.8 Å². The molecule has 0 aliphatic heterocycles. The lowest BCUT2D eigenvalue weighted by atomic mass is 10.1. The molecule has 8 nitrogen and oxygen atoms in total. The highest BCUT2D eigenvalue weighted by Crippen LogP contribution is 2.31. The predicted octanol–water partition coefficient (Wildman–Crippen LogP) is 4.63. The number of fused-ring (bicyclic) bond motifs is 1. The smallest absolute Gasteiger partial charge is 0.249 e. The topological polar surface area (TPSA) is 97.2 Å². The zero-order valence-corrected chi connectivity index (χ0v) is 21.4. The van der Waals surface area contributed by atoms with E-state index in [9.17, 15) is 14.4 Å². The molecule has 2 heterocycles. The van der Waals surface area contributed by atoms with Crippen LogP contribution in [0, 0.1) is 5.92 Å². The normalized spacial score (nSPS) is 12.0. The van der Waals surface area contributed by atoms with Crippen LogP contribution in [0.15, 0.2) is 66.0 Å². The lowest BCUT2D eigenvalue weighted by Gasteiger charge is -2.31. The Kier molecular flexibility index (Phi) is 7.90. The highest BCUT2D eigenvalue weighted by atomic mass is 32.1. The van der Waals surface area contributed by atoms with Crippen molar-refractivity contribution in [1.29, 1.82) is 0 Å². The van der Waals surface area contributed by atoms with Crippen molar-refractivity contribution in [3.05, 3.63) is 76.5 Å². The van der Waals surface area contributed by atoms with Crippen LogP contribution >= 0.6 is 11.3 Å². The van der Waals surface area contributed by atoms with Gasteiger partial charge >= 0.3 is 0 Å². The lowest BCUT2D eigenvalue weighted by molar-refractivity contribution is -0.126. The molecule has 0 aliphatic rings. The van der Waals surface area contributed by atoms with Crippen LogP contribution in [0.1, 0.15) is 48.5 Å². The van der Waals surface area contributed by atoms with Crippen LogP contribution in [0.4, 0.5) is 5.69 Å². The first-order chi connectivity index (χ1) is 17.3. The number of hydrogen-bond acceptors (Lipinski definition) is 6. The number of hydrogen-bond donors (Lipinski definition) is 1. The zero-order chi connectivity index (χ0) is 25.7. The van der Waals surface area contributed by atoms with Crippen LogP contribution in [0.3, 0.4) is 0 Å². The number of ketones is 1. The number of carbonyl (C=O) groups excluding carboxylic acids is 3. The summed E-state index contributed by atoms with van der Waals surface area (Å²) in [6, 6.07) is 17.0. The van der Waals surface area contributed by atoms with Crippen molar-refractivity contribution < 1.29 is 14.4 Å².